The molecule has 3 aromatic carbocycles. The minimum Gasteiger partial charge on any atom is -0.508 e. The van der Waals surface area contributed by atoms with Crippen LogP contribution in [0.4, 0.5) is 0 Å². The molecule has 0 fully saturated rings. The van der Waals surface area contributed by atoms with Gasteiger partial charge in [0.25, 0.3) is 0 Å². The van der Waals surface area contributed by atoms with Crippen LogP contribution in [0.1, 0.15) is 5.56 Å². The molecule has 0 aliphatic heterocycles. The van der Waals surface area contributed by atoms with Crippen LogP contribution < -0.4 is 0 Å². The fraction of sp³-hybridized carbons (Fsp3) is 0.0588. The van der Waals surface area contributed by atoms with Gasteiger partial charge in [0, 0.05) is 5.39 Å². The van der Waals surface area contributed by atoms with Gasteiger partial charge in [-0.15, -0.1) is 0 Å². The van der Waals surface area contributed by atoms with E-state index in [1.165, 1.54) is 0 Å². The molecule has 0 aliphatic rings. The zero-order chi connectivity index (χ0) is 14.5. The van der Waals surface area contributed by atoms with Crippen molar-refractivity contribution in [3.63, 3.8) is 0 Å². The Labute approximate surface area is 117 Å². The second kappa shape index (κ2) is 5.97. The second-order valence-electron chi connectivity index (χ2n) is 4.52. The molecule has 3 aromatic rings. The molecule has 0 unspecified atom stereocenters. The summed E-state index contributed by atoms with van der Waals surface area (Å²) in [6, 6.07) is 17.3. The van der Waals surface area contributed by atoms with E-state index in [4.69, 9.17) is 10.2 Å². The van der Waals surface area contributed by atoms with E-state index in [9.17, 15) is 5.11 Å². The smallest absolute Gasteiger partial charge is 0.123 e. The van der Waals surface area contributed by atoms with Gasteiger partial charge in [-0.3, -0.25) is 0 Å². The molecule has 0 saturated carbocycles. The Morgan fingerprint density at radius 1 is 0.700 bits per heavy atom. The summed E-state index contributed by atoms with van der Waals surface area (Å²) in [6.45, 7) is 1.94. The normalized spacial score (nSPS) is 9.85. The third kappa shape index (κ3) is 3.42. The zero-order valence-electron chi connectivity index (χ0n) is 11.1. The maximum absolute atomic E-state index is 9.38. The summed E-state index contributed by atoms with van der Waals surface area (Å²) in [6.07, 6.45) is 0. The zero-order valence-corrected chi connectivity index (χ0v) is 11.1. The van der Waals surface area contributed by atoms with E-state index in [0.717, 1.165) is 10.9 Å². The fourth-order valence-corrected chi connectivity index (χ4v) is 1.87. The molecule has 102 valence electrons. The SMILES string of the molecule is Cc1cccc(O)c1.Oc1ccc2cccc(O)c2c1. The minimum atomic E-state index is 0.170. The lowest BCUT2D eigenvalue weighted by Gasteiger charge is -2.00. The maximum Gasteiger partial charge on any atom is 0.123 e. The molecule has 0 amide bonds. The summed E-state index contributed by atoms with van der Waals surface area (Å²) in [7, 11) is 0. The average Bonchev–Trinajstić information content (AvgIpc) is 2.40. The molecule has 0 radical (unpaired) electrons. The lowest BCUT2D eigenvalue weighted by atomic mass is 10.1. The summed E-state index contributed by atoms with van der Waals surface area (Å²) in [4.78, 5) is 0. The highest BCUT2D eigenvalue weighted by molar-refractivity contribution is 5.89. The quantitative estimate of drug-likeness (QED) is 0.578. The van der Waals surface area contributed by atoms with Crippen molar-refractivity contribution in [1.29, 1.82) is 0 Å². The van der Waals surface area contributed by atoms with Gasteiger partial charge < -0.3 is 15.3 Å². The molecule has 3 heteroatoms. The Balaban J connectivity index is 0.000000160. The van der Waals surface area contributed by atoms with Crippen molar-refractivity contribution in [2.24, 2.45) is 0 Å². The molecule has 0 atom stereocenters. The molecule has 3 N–H and O–H groups in total. The van der Waals surface area contributed by atoms with E-state index < -0.39 is 0 Å². The molecule has 0 heterocycles. The standard InChI is InChI=1S/C10H8O2.C7H8O/c11-8-5-4-7-2-1-3-10(12)9(7)6-8;1-6-3-2-4-7(8)5-6/h1-6,11-12H;2-5,8H,1H3. The summed E-state index contributed by atoms with van der Waals surface area (Å²) >= 11 is 0. The topological polar surface area (TPSA) is 60.7 Å². The summed E-state index contributed by atoms with van der Waals surface area (Å²) in [5.74, 6) is 0.706. The first-order valence-electron chi connectivity index (χ1n) is 6.22. The van der Waals surface area contributed by atoms with Crippen LogP contribution in [-0.4, -0.2) is 15.3 Å². The summed E-state index contributed by atoms with van der Waals surface area (Å²) in [5, 5.41) is 28.9. The van der Waals surface area contributed by atoms with Crippen LogP contribution in [0.2, 0.25) is 0 Å². The predicted molar refractivity (Wildman–Crippen MR) is 80.1 cm³/mol. The van der Waals surface area contributed by atoms with Crippen LogP contribution >= 0.6 is 0 Å². The van der Waals surface area contributed by atoms with Crippen molar-refractivity contribution >= 4 is 10.8 Å². The van der Waals surface area contributed by atoms with Crippen molar-refractivity contribution in [2.45, 2.75) is 6.92 Å². The van der Waals surface area contributed by atoms with Gasteiger partial charge in [-0.25, -0.2) is 0 Å². The Morgan fingerprint density at radius 3 is 2.05 bits per heavy atom. The highest BCUT2D eigenvalue weighted by Gasteiger charge is 1.98. The molecular weight excluding hydrogens is 252 g/mol. The highest BCUT2D eigenvalue weighted by atomic mass is 16.3. The molecular formula is C17H16O3. The third-order valence-corrected chi connectivity index (χ3v) is 2.84. The van der Waals surface area contributed by atoms with Crippen LogP contribution in [0.25, 0.3) is 10.8 Å². The van der Waals surface area contributed by atoms with Gasteiger partial charge in [-0.2, -0.15) is 0 Å². The number of aryl methyl sites for hydroxylation is 1. The predicted octanol–water partition coefficient (Wildman–Crippen LogP) is 3.95. The van der Waals surface area contributed by atoms with Crippen LogP contribution in [0.5, 0.6) is 17.2 Å². The van der Waals surface area contributed by atoms with Crippen molar-refractivity contribution in [1.82, 2.24) is 0 Å². The Bertz CT molecular complexity index is 703. The number of hydrogen-bond donors (Lipinski definition) is 3. The molecule has 0 aromatic heterocycles. The van der Waals surface area contributed by atoms with Gasteiger partial charge in [-0.05, 0) is 48.2 Å². The van der Waals surface area contributed by atoms with Crippen molar-refractivity contribution < 1.29 is 15.3 Å². The molecule has 0 aliphatic carbocycles. The number of aromatic hydroxyl groups is 3. The lowest BCUT2D eigenvalue weighted by Crippen LogP contribution is -1.72. The largest absolute Gasteiger partial charge is 0.508 e. The molecule has 20 heavy (non-hydrogen) atoms. The maximum atomic E-state index is 9.38. The van der Waals surface area contributed by atoms with Crippen LogP contribution in [0.3, 0.4) is 0 Å². The molecule has 3 rings (SSSR count). The number of hydrogen-bond acceptors (Lipinski definition) is 3. The molecule has 3 nitrogen and oxygen atoms in total. The van der Waals surface area contributed by atoms with Gasteiger partial charge in [0.2, 0.25) is 0 Å². The van der Waals surface area contributed by atoms with Crippen molar-refractivity contribution in [3.8, 4) is 17.2 Å². The molecule has 0 saturated heterocycles. The summed E-state index contributed by atoms with van der Waals surface area (Å²) < 4.78 is 0. The Kier molecular flexibility index (Phi) is 4.11. The molecule has 0 spiro atoms. The number of benzene rings is 3. The lowest BCUT2D eigenvalue weighted by molar-refractivity contribution is 0.471. The van der Waals surface area contributed by atoms with E-state index in [2.05, 4.69) is 0 Å². The van der Waals surface area contributed by atoms with E-state index in [0.29, 0.717) is 11.1 Å². The van der Waals surface area contributed by atoms with E-state index in [-0.39, 0.29) is 11.5 Å². The van der Waals surface area contributed by atoms with Crippen LogP contribution in [0, 0.1) is 6.92 Å². The van der Waals surface area contributed by atoms with E-state index >= 15 is 0 Å². The van der Waals surface area contributed by atoms with Gasteiger partial charge >= 0.3 is 0 Å². The van der Waals surface area contributed by atoms with Crippen LogP contribution in [0.15, 0.2) is 60.7 Å². The first kappa shape index (κ1) is 13.7. The van der Waals surface area contributed by atoms with Gasteiger partial charge in [-0.1, -0.05) is 30.3 Å². The van der Waals surface area contributed by atoms with Gasteiger partial charge in [0.05, 0.1) is 0 Å². The monoisotopic (exact) mass is 268 g/mol. The number of phenols is 3. The van der Waals surface area contributed by atoms with Gasteiger partial charge in [0.15, 0.2) is 0 Å². The number of rotatable bonds is 0. The first-order valence-corrected chi connectivity index (χ1v) is 6.22. The minimum absolute atomic E-state index is 0.170. The first-order chi connectivity index (χ1) is 9.56. The summed E-state index contributed by atoms with van der Waals surface area (Å²) in [5.41, 5.74) is 1.09. The second-order valence-corrected chi connectivity index (χ2v) is 4.52. The number of fused-ring (bicyclic) bond motifs is 1. The average molecular weight is 268 g/mol. The molecule has 0 bridgehead atoms. The Hall–Kier alpha value is -2.68. The van der Waals surface area contributed by atoms with Crippen molar-refractivity contribution in [2.75, 3.05) is 0 Å². The highest BCUT2D eigenvalue weighted by Crippen LogP contribution is 2.27. The van der Waals surface area contributed by atoms with Gasteiger partial charge in [0.1, 0.15) is 17.2 Å². The fourth-order valence-electron chi connectivity index (χ4n) is 1.87. The van der Waals surface area contributed by atoms with E-state index in [1.807, 2.05) is 25.1 Å². The third-order valence-electron chi connectivity index (χ3n) is 2.84. The Morgan fingerprint density at radius 2 is 1.40 bits per heavy atom. The van der Waals surface area contributed by atoms with Crippen molar-refractivity contribution in [3.05, 3.63) is 66.2 Å². The van der Waals surface area contributed by atoms with Crippen LogP contribution in [-0.2, 0) is 0 Å². The van der Waals surface area contributed by atoms with E-state index in [1.54, 1.807) is 42.5 Å². The number of phenolic OH excluding ortho intramolecular Hbond substituents is 3.